The molecule has 0 spiro atoms. The van der Waals surface area contributed by atoms with Gasteiger partial charge in [0.25, 0.3) is 5.92 Å². The minimum atomic E-state index is -3.06. The number of phenols is 1. The molecule has 0 bridgehead atoms. The lowest BCUT2D eigenvalue weighted by molar-refractivity contribution is -0.131. The zero-order chi connectivity index (χ0) is 23.8. The standard InChI is InChI=1S/C26H20F2O4S/c1-15-3-10-19(21(13-15)26(2,27)28)25-24(20-11-7-17(29)14-22(20)33-25)32-18-8-4-16(5-9-18)6-12-23(30)31/h3-14,29H,1-2H3,(H,30,31)/b12-6+. The molecule has 4 aromatic rings. The smallest absolute Gasteiger partial charge is 0.328 e. The lowest BCUT2D eigenvalue weighted by Crippen LogP contribution is -2.09. The number of halogens is 2. The molecule has 0 fully saturated rings. The molecule has 1 aromatic heterocycles. The second kappa shape index (κ2) is 8.67. The zero-order valence-electron chi connectivity index (χ0n) is 17.8. The van der Waals surface area contributed by atoms with Crippen LogP contribution in [0.2, 0.25) is 0 Å². The molecule has 0 radical (unpaired) electrons. The molecule has 1 heterocycles. The first kappa shape index (κ1) is 22.5. The van der Waals surface area contributed by atoms with Gasteiger partial charge < -0.3 is 14.9 Å². The summed E-state index contributed by atoms with van der Waals surface area (Å²) in [6, 6.07) is 16.5. The van der Waals surface area contributed by atoms with Gasteiger partial charge in [0.1, 0.15) is 11.5 Å². The fraction of sp³-hybridized carbons (Fsp3) is 0.115. The van der Waals surface area contributed by atoms with Crippen molar-refractivity contribution in [3.8, 4) is 27.7 Å². The topological polar surface area (TPSA) is 66.8 Å². The Balaban J connectivity index is 1.84. The van der Waals surface area contributed by atoms with Crippen molar-refractivity contribution in [3.05, 3.63) is 83.4 Å². The highest BCUT2D eigenvalue weighted by Gasteiger charge is 2.30. The van der Waals surface area contributed by atoms with Gasteiger partial charge in [0.15, 0.2) is 5.75 Å². The minimum absolute atomic E-state index is 0.0707. The van der Waals surface area contributed by atoms with Crippen molar-refractivity contribution in [1.82, 2.24) is 0 Å². The second-order valence-corrected chi connectivity index (χ2v) is 8.77. The summed E-state index contributed by atoms with van der Waals surface area (Å²) in [6.07, 6.45) is 2.50. The molecule has 0 saturated carbocycles. The molecule has 0 unspecified atom stereocenters. The lowest BCUT2D eigenvalue weighted by atomic mass is 9.98. The van der Waals surface area contributed by atoms with Crippen LogP contribution in [-0.4, -0.2) is 16.2 Å². The largest absolute Gasteiger partial charge is 0.508 e. The fourth-order valence-electron chi connectivity index (χ4n) is 3.49. The van der Waals surface area contributed by atoms with Crippen LogP contribution in [0, 0.1) is 6.92 Å². The van der Waals surface area contributed by atoms with Crippen LogP contribution >= 0.6 is 11.3 Å². The van der Waals surface area contributed by atoms with E-state index in [1.807, 2.05) is 0 Å². The van der Waals surface area contributed by atoms with Crippen LogP contribution < -0.4 is 4.74 Å². The Morgan fingerprint density at radius 2 is 1.79 bits per heavy atom. The van der Waals surface area contributed by atoms with Gasteiger partial charge in [0.2, 0.25) is 0 Å². The number of rotatable bonds is 6. The van der Waals surface area contributed by atoms with E-state index in [9.17, 15) is 18.7 Å². The van der Waals surface area contributed by atoms with Crippen LogP contribution in [0.5, 0.6) is 17.2 Å². The molecule has 0 aliphatic carbocycles. The number of benzene rings is 3. The highest BCUT2D eigenvalue weighted by molar-refractivity contribution is 7.22. The fourth-order valence-corrected chi connectivity index (χ4v) is 4.69. The van der Waals surface area contributed by atoms with Crippen LogP contribution in [0.4, 0.5) is 8.78 Å². The molecule has 2 N–H and O–H groups in total. The number of hydrogen-bond acceptors (Lipinski definition) is 4. The number of ether oxygens (including phenoxy) is 1. The molecule has 168 valence electrons. The first-order chi connectivity index (χ1) is 15.6. The summed E-state index contributed by atoms with van der Waals surface area (Å²) in [6.45, 7) is 2.63. The van der Waals surface area contributed by atoms with Crippen molar-refractivity contribution in [2.75, 3.05) is 0 Å². The van der Waals surface area contributed by atoms with Gasteiger partial charge in [-0.1, -0.05) is 29.8 Å². The Morgan fingerprint density at radius 3 is 2.45 bits per heavy atom. The lowest BCUT2D eigenvalue weighted by Gasteiger charge is -2.17. The van der Waals surface area contributed by atoms with Crippen LogP contribution in [0.3, 0.4) is 0 Å². The Morgan fingerprint density at radius 1 is 1.06 bits per heavy atom. The van der Waals surface area contributed by atoms with Gasteiger partial charge >= 0.3 is 5.97 Å². The molecular weight excluding hydrogens is 446 g/mol. The van der Waals surface area contributed by atoms with E-state index < -0.39 is 11.9 Å². The van der Waals surface area contributed by atoms with E-state index >= 15 is 0 Å². The van der Waals surface area contributed by atoms with Gasteiger partial charge in [0, 0.05) is 34.2 Å². The summed E-state index contributed by atoms with van der Waals surface area (Å²) < 4.78 is 35.9. The third kappa shape index (κ3) is 4.88. The molecule has 0 aliphatic rings. The number of aliphatic carboxylic acids is 1. The molecule has 0 amide bonds. The van der Waals surface area contributed by atoms with Crippen LogP contribution in [0.15, 0.2) is 66.7 Å². The van der Waals surface area contributed by atoms with E-state index in [1.165, 1.54) is 29.5 Å². The maximum absolute atomic E-state index is 14.5. The SMILES string of the molecule is Cc1ccc(-c2sc3cc(O)ccc3c2Oc2ccc(/C=C/C(=O)O)cc2)c(C(C)(F)F)c1. The maximum atomic E-state index is 14.5. The van der Waals surface area contributed by atoms with Crippen LogP contribution in [0.25, 0.3) is 26.6 Å². The second-order valence-electron chi connectivity index (χ2n) is 7.72. The van der Waals surface area contributed by atoms with Gasteiger partial charge in [-0.2, -0.15) is 0 Å². The number of fused-ring (bicyclic) bond motifs is 1. The van der Waals surface area contributed by atoms with Crippen LogP contribution in [-0.2, 0) is 10.7 Å². The summed E-state index contributed by atoms with van der Waals surface area (Å²) in [4.78, 5) is 11.2. The van der Waals surface area contributed by atoms with Crippen molar-refractivity contribution < 1.29 is 28.5 Å². The van der Waals surface area contributed by atoms with Gasteiger partial charge in [-0.15, -0.1) is 11.3 Å². The summed E-state index contributed by atoms with van der Waals surface area (Å²) >= 11 is 1.27. The molecule has 4 nitrogen and oxygen atoms in total. The number of alkyl halides is 2. The number of carbonyl (C=O) groups is 1. The molecule has 7 heteroatoms. The number of thiophene rings is 1. The van der Waals surface area contributed by atoms with Crippen LogP contribution in [0.1, 0.15) is 23.6 Å². The van der Waals surface area contributed by atoms with Gasteiger partial charge in [-0.3, -0.25) is 0 Å². The van der Waals surface area contributed by atoms with Crippen molar-refractivity contribution in [2.24, 2.45) is 0 Å². The summed E-state index contributed by atoms with van der Waals surface area (Å²) in [5.74, 6) is -3.16. The average molecular weight is 467 g/mol. The number of carboxylic acid groups (broad SMARTS) is 1. The number of hydrogen-bond donors (Lipinski definition) is 2. The predicted molar refractivity (Wildman–Crippen MR) is 126 cm³/mol. The van der Waals surface area contributed by atoms with Crippen molar-refractivity contribution in [3.63, 3.8) is 0 Å². The number of aromatic hydroxyl groups is 1. The van der Waals surface area contributed by atoms with E-state index in [4.69, 9.17) is 9.84 Å². The highest BCUT2D eigenvalue weighted by Crippen LogP contribution is 2.50. The number of carboxylic acids is 1. The van der Waals surface area contributed by atoms with E-state index in [-0.39, 0.29) is 11.3 Å². The Labute approximate surface area is 193 Å². The number of phenolic OH excluding ortho intramolecular Hbond substituents is 1. The molecular formula is C26H20F2O4S. The predicted octanol–water partition coefficient (Wildman–Crippen LogP) is 7.58. The van der Waals surface area contributed by atoms with Crippen molar-refractivity contribution in [1.29, 1.82) is 0 Å². The molecule has 0 aliphatic heterocycles. The third-order valence-electron chi connectivity index (χ3n) is 5.04. The molecule has 0 saturated heterocycles. The Kier molecular flexibility index (Phi) is 5.91. The summed E-state index contributed by atoms with van der Waals surface area (Å²) in [5.41, 5.74) is 1.67. The molecule has 0 atom stereocenters. The van der Waals surface area contributed by atoms with E-state index in [0.29, 0.717) is 37.6 Å². The molecule has 3 aromatic carbocycles. The maximum Gasteiger partial charge on any atom is 0.328 e. The summed E-state index contributed by atoms with van der Waals surface area (Å²) in [7, 11) is 0. The van der Waals surface area contributed by atoms with E-state index in [1.54, 1.807) is 55.5 Å². The Hall–Kier alpha value is -3.71. The Bertz CT molecular complexity index is 1370. The molecule has 4 rings (SSSR count). The van der Waals surface area contributed by atoms with E-state index in [2.05, 4.69) is 0 Å². The monoisotopic (exact) mass is 466 g/mol. The van der Waals surface area contributed by atoms with Gasteiger partial charge in [-0.05, 0) is 55.0 Å². The third-order valence-corrected chi connectivity index (χ3v) is 6.21. The zero-order valence-corrected chi connectivity index (χ0v) is 18.6. The minimum Gasteiger partial charge on any atom is -0.508 e. The first-order valence-electron chi connectivity index (χ1n) is 10.1. The van der Waals surface area contributed by atoms with Gasteiger partial charge in [-0.25, -0.2) is 13.6 Å². The highest BCUT2D eigenvalue weighted by atomic mass is 32.1. The van der Waals surface area contributed by atoms with Gasteiger partial charge in [0.05, 0.1) is 4.88 Å². The normalized spacial score (nSPS) is 11.9. The van der Waals surface area contributed by atoms with Crippen molar-refractivity contribution in [2.45, 2.75) is 19.8 Å². The van der Waals surface area contributed by atoms with Crippen molar-refractivity contribution >= 4 is 33.5 Å². The molecule has 33 heavy (non-hydrogen) atoms. The number of aryl methyl sites for hydroxylation is 1. The quantitative estimate of drug-likeness (QED) is 0.287. The summed E-state index contributed by atoms with van der Waals surface area (Å²) in [5, 5.41) is 19.4. The first-order valence-corrected chi connectivity index (χ1v) is 10.9. The average Bonchev–Trinajstić information content (AvgIpc) is 3.09. The van der Waals surface area contributed by atoms with E-state index in [0.717, 1.165) is 18.6 Å².